The summed E-state index contributed by atoms with van der Waals surface area (Å²) in [7, 11) is -16.6. The molecule has 0 saturated carbocycles. The Morgan fingerprint density at radius 2 is 0.982 bits per heavy atom. The second-order valence-electron chi connectivity index (χ2n) is 14.6. The number of amides is 1. The Balaban J connectivity index is 0. The summed E-state index contributed by atoms with van der Waals surface area (Å²) in [5.74, 6) is -0.313. The Bertz CT molecular complexity index is 1430. The van der Waals surface area contributed by atoms with Crippen LogP contribution in [0.15, 0.2) is 0 Å². The molecule has 2 fully saturated rings. The number of carbonyl (C=O) groups excluding carboxylic acids is 2. The van der Waals surface area contributed by atoms with Crippen LogP contribution in [0.2, 0.25) is 0 Å². The van der Waals surface area contributed by atoms with Gasteiger partial charge in [-0.3, -0.25) is 17.3 Å². The molecule has 4 unspecified atom stereocenters. The van der Waals surface area contributed by atoms with Crippen molar-refractivity contribution >= 4 is 43.1 Å². The van der Waals surface area contributed by atoms with Gasteiger partial charge in [0.2, 0.25) is 37.1 Å². The van der Waals surface area contributed by atoms with Crippen molar-refractivity contribution in [2.75, 3.05) is 6.54 Å². The second kappa shape index (κ2) is 33.1. The molecule has 0 aromatic rings. The van der Waals surface area contributed by atoms with Crippen LogP contribution in [0, 0.1) is 0 Å². The van der Waals surface area contributed by atoms with E-state index in [1.807, 2.05) is 0 Å². The van der Waals surface area contributed by atoms with Crippen molar-refractivity contribution < 1.29 is 154 Å². The molecule has 2 aliphatic rings. The van der Waals surface area contributed by atoms with Gasteiger partial charge in [-0.1, -0.05) is 116 Å². The molecule has 2 aliphatic heterocycles. The summed E-state index contributed by atoms with van der Waals surface area (Å²) in [4.78, 5) is 28.0. The third kappa shape index (κ3) is 29.5. The standard InChI is InChI=1S/C35H65NO15S3.3Na/c1-2-3-22-29-23-17-13-9-8-11-15-19-26-32(50-53(42,43)44)34(51-54(45,46)47)31(49-52(39,40)41)25-18-14-10-6-4-5-7-12-16-20-27-33(37)36-28-21-24-30(36)35(38)48-29;;;/h29-32,34H,2-28H2,1H3,(H,39,40,41)(H,42,43,44)(H,45,46,47);;;/q;3*+1/p-3/t29?,30-,31?,32?,34?;;;/m0.../s1. The molecule has 2 heterocycles. The number of carbonyl (C=O) groups is 2. The maximum absolute atomic E-state index is 13.3. The van der Waals surface area contributed by atoms with Crippen molar-refractivity contribution in [3.05, 3.63) is 0 Å². The number of esters is 1. The van der Waals surface area contributed by atoms with E-state index in [0.717, 1.165) is 96.3 Å². The smallest absolute Gasteiger partial charge is 0.726 e. The van der Waals surface area contributed by atoms with Crippen molar-refractivity contribution in [2.24, 2.45) is 0 Å². The molecule has 318 valence electrons. The molecule has 0 spiro atoms. The normalized spacial score (nSPS) is 26.0. The van der Waals surface area contributed by atoms with Crippen LogP contribution in [0.3, 0.4) is 0 Å². The van der Waals surface area contributed by atoms with E-state index in [1.165, 1.54) is 0 Å². The summed E-state index contributed by atoms with van der Waals surface area (Å²) < 4.78 is 124. The molecule has 5 atom stereocenters. The van der Waals surface area contributed by atoms with Crippen LogP contribution < -0.4 is 88.7 Å². The van der Waals surface area contributed by atoms with E-state index in [4.69, 9.17) is 4.74 Å². The zero-order valence-electron chi connectivity index (χ0n) is 34.8. The fourth-order valence-electron chi connectivity index (χ4n) is 7.36. The summed E-state index contributed by atoms with van der Waals surface area (Å²) in [6.07, 6.45) is 10.5. The van der Waals surface area contributed by atoms with Gasteiger partial charge in [0.15, 0.2) is 0 Å². The van der Waals surface area contributed by atoms with Crippen LogP contribution >= 0.6 is 0 Å². The topological polar surface area (TPSA) is 246 Å². The molecule has 57 heavy (non-hydrogen) atoms. The van der Waals surface area contributed by atoms with Crippen LogP contribution in [0.4, 0.5) is 0 Å². The number of hydrogen-bond acceptors (Lipinski definition) is 15. The Morgan fingerprint density at radius 3 is 1.40 bits per heavy atom. The molecule has 0 bridgehead atoms. The van der Waals surface area contributed by atoms with E-state index in [-0.39, 0.29) is 132 Å². The zero-order valence-corrected chi connectivity index (χ0v) is 43.2. The zero-order chi connectivity index (χ0) is 40.0. The first-order chi connectivity index (χ1) is 25.5. The fourth-order valence-corrected chi connectivity index (χ4v) is 8.90. The minimum absolute atomic E-state index is 0. The molecule has 1 amide bonds. The van der Waals surface area contributed by atoms with Gasteiger partial charge >= 0.3 is 94.6 Å². The third-order valence-corrected chi connectivity index (χ3v) is 11.5. The molecule has 0 N–H and O–H groups in total. The van der Waals surface area contributed by atoms with E-state index < -0.39 is 55.6 Å². The van der Waals surface area contributed by atoms with E-state index in [0.29, 0.717) is 51.5 Å². The molecule has 0 radical (unpaired) electrons. The average Bonchev–Trinajstić information content (AvgIpc) is 3.57. The number of hydrogen-bond donors (Lipinski definition) is 0. The molecule has 0 aromatic heterocycles. The SMILES string of the molecule is CCCCC1CCCCCCCCCC(OS(=O)(=O)[O-])C(OS(=O)(=O)[O-])C(OS(=O)(=O)[O-])CCCCCCCCCCCCC(=O)N2CCC[C@H]2C(=O)O1.[Na+].[Na+].[Na+]. The van der Waals surface area contributed by atoms with Gasteiger partial charge in [0.25, 0.3) is 0 Å². The third-order valence-electron chi connectivity index (χ3n) is 10.1. The van der Waals surface area contributed by atoms with Gasteiger partial charge < -0.3 is 23.3 Å². The fraction of sp³-hybridized carbons (Fsp3) is 0.943. The first kappa shape index (κ1) is 60.6. The minimum Gasteiger partial charge on any atom is -0.726 e. The molecule has 0 aromatic carbocycles. The van der Waals surface area contributed by atoms with Gasteiger partial charge in [0, 0.05) is 13.0 Å². The Morgan fingerprint density at radius 1 is 0.579 bits per heavy atom. The number of unbranched alkanes of at least 4 members (excludes halogenated alkanes) is 1. The van der Waals surface area contributed by atoms with Gasteiger partial charge in [-0.15, -0.1) is 0 Å². The van der Waals surface area contributed by atoms with E-state index >= 15 is 0 Å². The number of ether oxygens (including phenoxy) is 1. The van der Waals surface area contributed by atoms with Gasteiger partial charge in [0.05, 0.1) is 0 Å². The second-order valence-corrected chi connectivity index (χ2v) is 17.7. The molecule has 2 rings (SSSR count). The monoisotopic (exact) mass is 901 g/mol. The summed E-state index contributed by atoms with van der Waals surface area (Å²) >= 11 is 0. The van der Waals surface area contributed by atoms with Gasteiger partial charge in [-0.25, -0.2) is 30.0 Å². The van der Waals surface area contributed by atoms with Crippen molar-refractivity contribution in [2.45, 2.75) is 204 Å². The quantitative estimate of drug-likeness (QED) is 0.0960. The molecular formula is C35H62NNa3O15S3. The number of rotatable bonds is 9. The van der Waals surface area contributed by atoms with Crippen molar-refractivity contribution in [3.8, 4) is 0 Å². The largest absolute Gasteiger partial charge is 1.00 e. The predicted octanol–water partition coefficient (Wildman–Crippen LogP) is -3.17. The van der Waals surface area contributed by atoms with Crippen LogP contribution in [0.25, 0.3) is 0 Å². The minimum atomic E-state index is -5.60. The van der Waals surface area contributed by atoms with Crippen LogP contribution in [0.1, 0.15) is 174 Å². The van der Waals surface area contributed by atoms with Crippen LogP contribution in [-0.2, 0) is 58.1 Å². The van der Waals surface area contributed by atoms with Crippen molar-refractivity contribution in [1.29, 1.82) is 0 Å². The molecule has 16 nitrogen and oxygen atoms in total. The summed E-state index contributed by atoms with van der Waals surface area (Å²) in [6, 6.07) is -0.523. The Kier molecular flexibility index (Phi) is 35.2. The number of cyclic esters (lactones) is 1. The van der Waals surface area contributed by atoms with E-state index in [9.17, 15) is 48.5 Å². The maximum atomic E-state index is 13.3. The summed E-state index contributed by atoms with van der Waals surface area (Å²) in [5, 5.41) is 0. The average molecular weight is 902 g/mol. The van der Waals surface area contributed by atoms with E-state index in [1.54, 1.807) is 4.90 Å². The van der Waals surface area contributed by atoms with Crippen LogP contribution in [0.5, 0.6) is 0 Å². The van der Waals surface area contributed by atoms with Gasteiger partial charge in [0.1, 0.15) is 30.5 Å². The van der Waals surface area contributed by atoms with Crippen molar-refractivity contribution in [3.63, 3.8) is 0 Å². The van der Waals surface area contributed by atoms with Crippen molar-refractivity contribution in [1.82, 2.24) is 4.90 Å². The summed E-state index contributed by atoms with van der Waals surface area (Å²) in [6.45, 7) is 2.65. The maximum Gasteiger partial charge on any atom is 1.00 e. The predicted molar refractivity (Wildman–Crippen MR) is 195 cm³/mol. The first-order valence-corrected chi connectivity index (χ1v) is 23.9. The van der Waals surface area contributed by atoms with E-state index in [2.05, 4.69) is 19.5 Å². The number of nitrogens with zero attached hydrogens (tertiary/aromatic N) is 1. The Labute approximate surface area is 408 Å². The molecular weight excluding hydrogens is 840 g/mol. The molecule has 0 aliphatic carbocycles. The van der Waals surface area contributed by atoms with Gasteiger partial charge in [-0.05, 0) is 51.4 Å². The first-order valence-electron chi connectivity index (χ1n) is 19.9. The van der Waals surface area contributed by atoms with Gasteiger partial charge in [-0.2, -0.15) is 0 Å². The van der Waals surface area contributed by atoms with Crippen LogP contribution in [-0.4, -0.2) is 92.7 Å². The summed E-state index contributed by atoms with van der Waals surface area (Å²) in [5.41, 5.74) is 0. The molecule has 22 heteroatoms. The number of fused-ring (bicyclic) bond motifs is 1. The Hall–Kier alpha value is 1.55. The molecule has 2 saturated heterocycles.